The van der Waals surface area contributed by atoms with E-state index in [2.05, 4.69) is 9.71 Å². The molecule has 0 aliphatic rings. The molecule has 0 aliphatic carbocycles. The molecule has 0 saturated heterocycles. The molecule has 8 heteroatoms. The second-order valence-electron chi connectivity index (χ2n) is 6.60. The standard InChI is InChI=1S/C19H21N3O3S2/c1-13(2)17(18(23)20-19-22(3)10-11-26-19)21-27(24,25)16-9-8-14-6-4-5-7-15(14)12-16/h4-13,17,21H,1-3H3. The van der Waals surface area contributed by atoms with Gasteiger partial charge in [0.2, 0.25) is 10.0 Å². The minimum atomic E-state index is -3.86. The molecule has 0 bridgehead atoms. The molecule has 1 amide bonds. The van der Waals surface area contributed by atoms with Crippen LogP contribution in [0.1, 0.15) is 13.8 Å². The van der Waals surface area contributed by atoms with Crippen molar-refractivity contribution in [3.8, 4) is 0 Å². The van der Waals surface area contributed by atoms with Gasteiger partial charge in [0.05, 0.1) is 4.90 Å². The first-order chi connectivity index (χ1) is 12.8. The summed E-state index contributed by atoms with van der Waals surface area (Å²) in [5.41, 5.74) is 0. The first-order valence-corrected chi connectivity index (χ1v) is 10.8. The number of sulfonamides is 1. The Morgan fingerprint density at radius 1 is 1.15 bits per heavy atom. The summed E-state index contributed by atoms with van der Waals surface area (Å²) in [5.74, 6) is -0.755. The highest BCUT2D eigenvalue weighted by Gasteiger charge is 2.28. The van der Waals surface area contributed by atoms with Crippen LogP contribution in [-0.4, -0.2) is 24.9 Å². The van der Waals surface area contributed by atoms with Crippen LogP contribution in [0.15, 0.2) is 63.9 Å². The van der Waals surface area contributed by atoms with Crippen molar-refractivity contribution in [2.24, 2.45) is 18.0 Å². The molecule has 0 aliphatic heterocycles. The number of fused-ring (bicyclic) bond motifs is 1. The zero-order valence-corrected chi connectivity index (χ0v) is 16.9. The maximum atomic E-state index is 12.9. The van der Waals surface area contributed by atoms with Crippen LogP contribution >= 0.6 is 11.3 Å². The normalized spacial score (nSPS) is 14.0. The van der Waals surface area contributed by atoms with Gasteiger partial charge in [-0.1, -0.05) is 44.2 Å². The molecule has 3 rings (SSSR count). The maximum absolute atomic E-state index is 12.9. The molecule has 1 aromatic heterocycles. The van der Waals surface area contributed by atoms with Gasteiger partial charge in [-0.25, -0.2) is 8.42 Å². The number of benzene rings is 2. The summed E-state index contributed by atoms with van der Waals surface area (Å²) in [6.45, 7) is 3.57. The van der Waals surface area contributed by atoms with Crippen LogP contribution < -0.4 is 9.52 Å². The third-order valence-corrected chi connectivity index (χ3v) is 6.50. The van der Waals surface area contributed by atoms with Gasteiger partial charge < -0.3 is 4.57 Å². The molecule has 3 aromatic rings. The molecule has 1 atom stereocenters. The second-order valence-corrected chi connectivity index (χ2v) is 9.19. The lowest BCUT2D eigenvalue weighted by atomic mass is 10.1. The highest BCUT2D eigenvalue weighted by Crippen LogP contribution is 2.20. The third kappa shape index (κ3) is 4.35. The van der Waals surface area contributed by atoms with Crippen LogP contribution in [0.25, 0.3) is 10.8 Å². The van der Waals surface area contributed by atoms with E-state index in [0.29, 0.717) is 4.80 Å². The maximum Gasteiger partial charge on any atom is 0.266 e. The van der Waals surface area contributed by atoms with E-state index < -0.39 is 22.0 Å². The number of nitrogens with one attached hydrogen (secondary N) is 1. The number of carbonyl (C=O) groups excluding carboxylic acids is 1. The van der Waals surface area contributed by atoms with E-state index in [4.69, 9.17) is 0 Å². The van der Waals surface area contributed by atoms with Gasteiger partial charge >= 0.3 is 0 Å². The van der Waals surface area contributed by atoms with E-state index in [-0.39, 0.29) is 10.8 Å². The van der Waals surface area contributed by atoms with E-state index in [1.54, 1.807) is 49.9 Å². The molecule has 0 fully saturated rings. The Morgan fingerprint density at radius 3 is 2.48 bits per heavy atom. The van der Waals surface area contributed by atoms with Crippen molar-refractivity contribution in [3.63, 3.8) is 0 Å². The van der Waals surface area contributed by atoms with E-state index in [1.165, 1.54) is 11.3 Å². The number of nitrogens with zero attached hydrogens (tertiary/aromatic N) is 2. The predicted molar refractivity (Wildman–Crippen MR) is 107 cm³/mol. The van der Waals surface area contributed by atoms with Gasteiger partial charge in [-0.15, -0.1) is 11.3 Å². The number of aryl methyl sites for hydroxylation is 1. The fraction of sp³-hybridized carbons (Fsp3) is 0.263. The van der Waals surface area contributed by atoms with Crippen molar-refractivity contribution < 1.29 is 13.2 Å². The molecule has 0 spiro atoms. The van der Waals surface area contributed by atoms with Gasteiger partial charge in [-0.2, -0.15) is 9.71 Å². The molecule has 2 aromatic carbocycles. The second kappa shape index (κ2) is 7.75. The Balaban J connectivity index is 1.92. The summed E-state index contributed by atoms with van der Waals surface area (Å²) in [6.07, 6.45) is 1.79. The van der Waals surface area contributed by atoms with Crippen molar-refractivity contribution >= 4 is 38.0 Å². The molecule has 0 radical (unpaired) electrons. The van der Waals surface area contributed by atoms with Crippen LogP contribution in [0, 0.1) is 5.92 Å². The third-order valence-electron chi connectivity index (χ3n) is 4.21. The quantitative estimate of drug-likeness (QED) is 0.711. The van der Waals surface area contributed by atoms with Gasteiger partial charge in [-0.3, -0.25) is 4.79 Å². The van der Waals surface area contributed by atoms with Crippen LogP contribution in [0.4, 0.5) is 0 Å². The van der Waals surface area contributed by atoms with Gasteiger partial charge in [0, 0.05) is 18.6 Å². The van der Waals surface area contributed by atoms with Crippen molar-refractivity contribution in [1.29, 1.82) is 0 Å². The summed E-state index contributed by atoms with van der Waals surface area (Å²) < 4.78 is 30.0. The van der Waals surface area contributed by atoms with Crippen LogP contribution in [0.2, 0.25) is 0 Å². The van der Waals surface area contributed by atoms with Crippen LogP contribution in [-0.2, 0) is 21.9 Å². The minimum absolute atomic E-state index is 0.126. The van der Waals surface area contributed by atoms with Gasteiger partial charge in [-0.05, 0) is 28.8 Å². The van der Waals surface area contributed by atoms with Gasteiger partial charge in [0.25, 0.3) is 5.91 Å². The number of hydrogen-bond donors (Lipinski definition) is 1. The van der Waals surface area contributed by atoms with Crippen LogP contribution in [0.3, 0.4) is 0 Å². The minimum Gasteiger partial charge on any atom is -0.327 e. The monoisotopic (exact) mass is 403 g/mol. The Hall–Kier alpha value is -2.29. The summed E-state index contributed by atoms with van der Waals surface area (Å²) >= 11 is 1.32. The number of aromatic nitrogens is 1. The summed E-state index contributed by atoms with van der Waals surface area (Å²) in [5, 5.41) is 3.59. The van der Waals surface area contributed by atoms with E-state index in [1.807, 2.05) is 29.6 Å². The smallest absolute Gasteiger partial charge is 0.266 e. The largest absolute Gasteiger partial charge is 0.327 e. The first-order valence-electron chi connectivity index (χ1n) is 8.48. The predicted octanol–water partition coefficient (Wildman–Crippen LogP) is 2.67. The average Bonchev–Trinajstić information content (AvgIpc) is 3.03. The molecule has 27 heavy (non-hydrogen) atoms. The van der Waals surface area contributed by atoms with E-state index >= 15 is 0 Å². The van der Waals surface area contributed by atoms with E-state index in [9.17, 15) is 13.2 Å². The molecule has 6 nitrogen and oxygen atoms in total. The van der Waals surface area contributed by atoms with Crippen molar-refractivity contribution in [2.75, 3.05) is 0 Å². The Labute approximate surface area is 162 Å². The zero-order chi connectivity index (χ0) is 19.6. The fourth-order valence-electron chi connectivity index (χ4n) is 2.64. The van der Waals surface area contributed by atoms with E-state index in [0.717, 1.165) is 10.8 Å². The summed E-state index contributed by atoms with van der Waals surface area (Å²) in [7, 11) is -2.08. The molecule has 1 heterocycles. The Morgan fingerprint density at radius 2 is 1.85 bits per heavy atom. The number of amides is 1. The molecule has 1 N–H and O–H groups in total. The number of thiazole rings is 1. The molecule has 1 unspecified atom stereocenters. The lowest BCUT2D eigenvalue weighted by Crippen LogP contribution is -2.44. The zero-order valence-electron chi connectivity index (χ0n) is 15.3. The highest BCUT2D eigenvalue weighted by molar-refractivity contribution is 7.89. The topological polar surface area (TPSA) is 80.5 Å². The molecule has 0 saturated carbocycles. The highest BCUT2D eigenvalue weighted by atomic mass is 32.2. The number of carbonyl (C=O) groups is 1. The molecular formula is C19H21N3O3S2. The van der Waals surface area contributed by atoms with Crippen LogP contribution in [0.5, 0.6) is 0 Å². The van der Waals surface area contributed by atoms with Crippen molar-refractivity contribution in [2.45, 2.75) is 24.8 Å². The lowest BCUT2D eigenvalue weighted by molar-refractivity contribution is -0.120. The van der Waals surface area contributed by atoms with Crippen molar-refractivity contribution in [1.82, 2.24) is 9.29 Å². The number of rotatable bonds is 5. The van der Waals surface area contributed by atoms with Gasteiger partial charge in [0.1, 0.15) is 6.04 Å². The molecular weight excluding hydrogens is 382 g/mol. The average molecular weight is 404 g/mol. The van der Waals surface area contributed by atoms with Gasteiger partial charge in [0.15, 0.2) is 4.80 Å². The summed E-state index contributed by atoms with van der Waals surface area (Å²) in [6, 6.07) is 11.5. The van der Waals surface area contributed by atoms with Crippen molar-refractivity contribution in [3.05, 3.63) is 58.8 Å². The lowest BCUT2D eigenvalue weighted by Gasteiger charge is -2.19. The first kappa shape index (κ1) is 19.5. The number of hydrogen-bond acceptors (Lipinski definition) is 4. The SMILES string of the molecule is CC(C)C(NS(=O)(=O)c1ccc2ccccc2c1)C(=O)N=c1sccn1C. The fourth-order valence-corrected chi connectivity index (χ4v) is 4.75. The molecule has 142 valence electrons. The summed E-state index contributed by atoms with van der Waals surface area (Å²) in [4.78, 5) is 17.4. The Kier molecular flexibility index (Phi) is 5.59. The Bertz CT molecular complexity index is 1140.